The van der Waals surface area contributed by atoms with Crippen molar-refractivity contribution in [2.24, 2.45) is 18.9 Å². The molecule has 5 rings (SSSR count). The summed E-state index contributed by atoms with van der Waals surface area (Å²) < 4.78 is 1.59. The van der Waals surface area contributed by atoms with Gasteiger partial charge in [0.05, 0.1) is 22.5 Å². The number of aromatic amines is 1. The summed E-state index contributed by atoms with van der Waals surface area (Å²) in [5, 5.41) is 13.4. The summed E-state index contributed by atoms with van der Waals surface area (Å²) in [7, 11) is 1.77. The van der Waals surface area contributed by atoms with Crippen molar-refractivity contribution in [1.29, 1.82) is 0 Å². The molecule has 3 aromatic rings. The highest BCUT2D eigenvalue weighted by Gasteiger charge is 2.38. The summed E-state index contributed by atoms with van der Waals surface area (Å²) in [6.07, 6.45) is 12.6. The van der Waals surface area contributed by atoms with Crippen molar-refractivity contribution in [3.63, 3.8) is 0 Å². The second-order valence-corrected chi connectivity index (χ2v) is 12.9. The van der Waals surface area contributed by atoms with E-state index in [2.05, 4.69) is 26.0 Å². The number of carbonyl (C=O) groups is 3. The number of amides is 3. The van der Waals surface area contributed by atoms with Crippen LogP contribution in [0.25, 0.3) is 11.0 Å². The Morgan fingerprint density at radius 3 is 2.30 bits per heavy atom. The molecule has 0 unspecified atom stereocenters. The molecule has 0 spiro atoms. The van der Waals surface area contributed by atoms with Crippen molar-refractivity contribution in [2.45, 2.75) is 102 Å². The van der Waals surface area contributed by atoms with Crippen LogP contribution in [0.15, 0.2) is 30.5 Å². The second kappa shape index (κ2) is 13.3. The van der Waals surface area contributed by atoms with Gasteiger partial charge in [-0.3, -0.25) is 19.1 Å². The number of imidazole rings is 1. The van der Waals surface area contributed by atoms with Gasteiger partial charge in [0, 0.05) is 19.8 Å². The molecule has 0 radical (unpaired) electrons. The van der Waals surface area contributed by atoms with Gasteiger partial charge in [-0.15, -0.1) is 0 Å². The summed E-state index contributed by atoms with van der Waals surface area (Å²) in [6.45, 7) is 6.20. The van der Waals surface area contributed by atoms with Crippen LogP contribution in [0.3, 0.4) is 0 Å². The Hall–Kier alpha value is -3.69. The number of rotatable bonds is 10. The lowest BCUT2D eigenvalue weighted by atomic mass is 9.78. The maximum absolute atomic E-state index is 13.6. The second-order valence-electron chi connectivity index (χ2n) is 12.9. The lowest BCUT2D eigenvalue weighted by Gasteiger charge is -2.35. The zero-order valence-electron chi connectivity index (χ0n) is 26.0. The number of carbonyl (C=O) groups excluding carboxylic acids is 3. The molecule has 0 bridgehead atoms. The first kappa shape index (κ1) is 30.8. The number of likely N-dealkylation sites (N-methyl/N-ethyl adjacent to an activating group) is 1. The van der Waals surface area contributed by atoms with Gasteiger partial charge in [0.2, 0.25) is 11.8 Å². The maximum Gasteiger partial charge on any atom is 0.270 e. The van der Waals surface area contributed by atoms with E-state index in [1.807, 2.05) is 39.0 Å². The van der Waals surface area contributed by atoms with Crippen LogP contribution in [0.2, 0.25) is 0 Å². The Balaban J connectivity index is 1.41. The predicted octanol–water partition coefficient (Wildman–Crippen LogP) is 4.83. The van der Waals surface area contributed by atoms with E-state index in [9.17, 15) is 14.4 Å². The van der Waals surface area contributed by atoms with E-state index in [1.165, 1.54) is 19.3 Å². The van der Waals surface area contributed by atoms with E-state index < -0.39 is 11.5 Å². The van der Waals surface area contributed by atoms with E-state index in [0.29, 0.717) is 12.2 Å². The molecule has 2 aliphatic rings. The number of aromatic nitrogens is 4. The summed E-state index contributed by atoms with van der Waals surface area (Å²) in [5.41, 5.74) is 2.07. The minimum absolute atomic E-state index is 0.113. The van der Waals surface area contributed by atoms with Crippen LogP contribution in [0.4, 0.5) is 0 Å². The first-order valence-electron chi connectivity index (χ1n) is 16.1. The molecular formula is C33H47N7O3. The van der Waals surface area contributed by atoms with E-state index in [4.69, 9.17) is 4.98 Å². The maximum atomic E-state index is 13.6. The highest BCUT2D eigenvalue weighted by atomic mass is 16.2. The largest absolute Gasteiger partial charge is 0.355 e. The fraction of sp³-hybridized carbons (Fsp3) is 0.606. The van der Waals surface area contributed by atoms with Gasteiger partial charge in [0.25, 0.3) is 5.91 Å². The first-order chi connectivity index (χ1) is 20.7. The topological polar surface area (TPSA) is 134 Å². The zero-order valence-corrected chi connectivity index (χ0v) is 26.0. The van der Waals surface area contributed by atoms with Gasteiger partial charge in [-0.05, 0) is 82.1 Å². The Morgan fingerprint density at radius 1 is 0.977 bits per heavy atom. The van der Waals surface area contributed by atoms with Crippen molar-refractivity contribution in [3.8, 4) is 0 Å². The van der Waals surface area contributed by atoms with E-state index >= 15 is 0 Å². The third-order valence-electron chi connectivity index (χ3n) is 9.59. The number of fused-ring (bicyclic) bond motifs is 1. The highest BCUT2D eigenvalue weighted by molar-refractivity contribution is 5.94. The number of H-pyrrole nitrogens is 1. The van der Waals surface area contributed by atoms with Crippen LogP contribution in [0.5, 0.6) is 0 Å². The van der Waals surface area contributed by atoms with Crippen molar-refractivity contribution in [2.75, 3.05) is 6.54 Å². The molecule has 4 N–H and O–H groups in total. The molecule has 2 saturated carbocycles. The Morgan fingerprint density at radius 2 is 1.67 bits per heavy atom. The third-order valence-corrected chi connectivity index (χ3v) is 9.59. The van der Waals surface area contributed by atoms with Crippen molar-refractivity contribution >= 4 is 28.8 Å². The van der Waals surface area contributed by atoms with Crippen molar-refractivity contribution < 1.29 is 14.4 Å². The lowest BCUT2D eigenvalue weighted by Crippen LogP contribution is -2.55. The van der Waals surface area contributed by atoms with Gasteiger partial charge in [-0.1, -0.05) is 44.6 Å². The molecule has 2 heterocycles. The minimum atomic E-state index is -0.874. The molecule has 2 atom stereocenters. The molecule has 2 fully saturated rings. The monoisotopic (exact) mass is 589 g/mol. The van der Waals surface area contributed by atoms with E-state index in [1.54, 1.807) is 24.0 Å². The highest BCUT2D eigenvalue weighted by Crippen LogP contribution is 2.35. The van der Waals surface area contributed by atoms with Crippen LogP contribution in [0, 0.1) is 11.8 Å². The van der Waals surface area contributed by atoms with Crippen LogP contribution < -0.4 is 16.0 Å². The van der Waals surface area contributed by atoms with Gasteiger partial charge in [-0.25, -0.2) is 4.98 Å². The fourth-order valence-corrected chi connectivity index (χ4v) is 6.52. The van der Waals surface area contributed by atoms with Gasteiger partial charge in [0.1, 0.15) is 17.6 Å². The van der Waals surface area contributed by atoms with Crippen LogP contribution in [0.1, 0.15) is 113 Å². The average molecular weight is 590 g/mol. The van der Waals surface area contributed by atoms with Crippen molar-refractivity contribution in [1.82, 2.24) is 35.7 Å². The standard InChI is InChI=1S/C33H47N7O3/c1-5-34-31(42)28(22-14-11-15-22)39-32(43)33(2,3)23-16-17-24-25(20-23)37-29(36-24)27(21-12-9-7-6-8-10-13-21)38-30(41)26-18-19-35-40(26)4/h16-22,27-28H,5-15H2,1-4H3,(H,34,42)(H,36,37)(H,38,41)(H,39,43)/t27-,28+/m0/s1. The number of nitrogens with one attached hydrogen (secondary N) is 4. The third kappa shape index (κ3) is 6.78. The molecule has 3 amide bonds. The number of hydrogen-bond acceptors (Lipinski definition) is 5. The van der Waals surface area contributed by atoms with Gasteiger partial charge in [-0.2, -0.15) is 5.10 Å². The minimum Gasteiger partial charge on any atom is -0.355 e. The van der Waals surface area contributed by atoms with Gasteiger partial charge < -0.3 is 20.9 Å². The van der Waals surface area contributed by atoms with Crippen LogP contribution >= 0.6 is 0 Å². The van der Waals surface area contributed by atoms with Crippen molar-refractivity contribution in [3.05, 3.63) is 47.5 Å². The number of aryl methyl sites for hydroxylation is 1. The summed E-state index contributed by atoms with van der Waals surface area (Å²) in [4.78, 5) is 48.2. The molecular weight excluding hydrogens is 542 g/mol. The molecule has 10 heteroatoms. The Bertz CT molecular complexity index is 1430. The van der Waals surface area contributed by atoms with Gasteiger partial charge >= 0.3 is 0 Å². The summed E-state index contributed by atoms with van der Waals surface area (Å²) in [5.74, 6) is 0.716. The number of nitrogens with zero attached hydrogens (tertiary/aromatic N) is 3. The smallest absolute Gasteiger partial charge is 0.270 e. The summed E-state index contributed by atoms with van der Waals surface area (Å²) >= 11 is 0. The lowest BCUT2D eigenvalue weighted by molar-refractivity contribution is -0.133. The quantitative estimate of drug-likeness (QED) is 0.269. The first-order valence-corrected chi connectivity index (χ1v) is 16.1. The average Bonchev–Trinajstić information content (AvgIpc) is 3.56. The Labute approximate surface area is 254 Å². The fourth-order valence-electron chi connectivity index (χ4n) is 6.52. The molecule has 1 aromatic carbocycles. The number of benzene rings is 1. The molecule has 232 valence electrons. The molecule has 43 heavy (non-hydrogen) atoms. The molecule has 2 aromatic heterocycles. The van der Waals surface area contributed by atoms with Crippen LogP contribution in [-0.4, -0.2) is 50.1 Å². The van der Waals surface area contributed by atoms with E-state index in [0.717, 1.165) is 67.4 Å². The SMILES string of the molecule is CCNC(=O)[C@H](NC(=O)C(C)(C)c1ccc2nc([C@@H](NC(=O)c3ccnn3C)C3CCCCCCC3)[nH]c2c1)C1CCC1. The van der Waals surface area contributed by atoms with Gasteiger partial charge in [0.15, 0.2) is 0 Å². The zero-order chi connectivity index (χ0) is 30.6. The normalized spacial score (nSPS) is 18.2. The molecule has 10 nitrogen and oxygen atoms in total. The molecule has 0 saturated heterocycles. The summed E-state index contributed by atoms with van der Waals surface area (Å²) in [6, 6.07) is 6.79. The van der Waals surface area contributed by atoms with E-state index in [-0.39, 0.29) is 35.6 Å². The predicted molar refractivity (Wildman–Crippen MR) is 166 cm³/mol. The number of hydrogen-bond donors (Lipinski definition) is 4. The Kier molecular flexibility index (Phi) is 9.52. The molecule has 2 aliphatic carbocycles. The molecule has 0 aliphatic heterocycles. The van der Waals surface area contributed by atoms with Crippen LogP contribution in [-0.2, 0) is 22.1 Å².